The lowest BCUT2D eigenvalue weighted by Gasteiger charge is -2.06. The predicted molar refractivity (Wildman–Crippen MR) is 52.5 cm³/mol. The third kappa shape index (κ3) is 1.36. The quantitative estimate of drug-likeness (QED) is 0.700. The third-order valence-corrected chi connectivity index (χ3v) is 2.18. The Morgan fingerprint density at radius 3 is 3.07 bits per heavy atom. The standard InChI is InChI=1S/C9H12N4O/c1-13-5-12-7-2-6(8(14)3-10)4-11-9(7)13/h2,4-5,8,14H,3,10H2,1H3. The molecular formula is C9H12N4O. The summed E-state index contributed by atoms with van der Waals surface area (Å²) in [6.07, 6.45) is 2.66. The highest BCUT2D eigenvalue weighted by Crippen LogP contribution is 2.15. The number of imidazole rings is 1. The lowest BCUT2D eigenvalue weighted by Crippen LogP contribution is -2.11. The minimum absolute atomic E-state index is 0.194. The van der Waals surface area contributed by atoms with Crippen molar-refractivity contribution in [3.63, 3.8) is 0 Å². The lowest BCUT2D eigenvalue weighted by atomic mass is 10.1. The molecule has 2 rings (SSSR count). The topological polar surface area (TPSA) is 77.0 Å². The molecule has 3 N–H and O–H groups in total. The van der Waals surface area contributed by atoms with Crippen LogP contribution in [0.25, 0.3) is 11.2 Å². The number of hydrogen-bond acceptors (Lipinski definition) is 4. The van der Waals surface area contributed by atoms with Crippen LogP contribution in [0.15, 0.2) is 18.6 Å². The van der Waals surface area contributed by atoms with E-state index in [1.165, 1.54) is 0 Å². The first-order valence-electron chi connectivity index (χ1n) is 4.37. The molecule has 74 valence electrons. The van der Waals surface area contributed by atoms with Crippen LogP contribution in [0, 0.1) is 0 Å². The van der Waals surface area contributed by atoms with Crippen molar-refractivity contribution >= 4 is 11.2 Å². The SMILES string of the molecule is Cn1cnc2cc(C(O)CN)cnc21. The summed E-state index contributed by atoms with van der Waals surface area (Å²) in [5.41, 5.74) is 7.64. The summed E-state index contributed by atoms with van der Waals surface area (Å²) in [6.45, 7) is 0.194. The summed E-state index contributed by atoms with van der Waals surface area (Å²) in [5.74, 6) is 0. The summed E-state index contributed by atoms with van der Waals surface area (Å²) in [5, 5.41) is 9.50. The van der Waals surface area contributed by atoms with Gasteiger partial charge in [0, 0.05) is 25.4 Å². The molecule has 0 aromatic carbocycles. The molecule has 5 heteroatoms. The molecule has 14 heavy (non-hydrogen) atoms. The van der Waals surface area contributed by atoms with E-state index in [9.17, 15) is 5.11 Å². The molecule has 0 aliphatic carbocycles. The molecule has 0 aliphatic rings. The zero-order chi connectivity index (χ0) is 10.1. The number of nitrogens with two attached hydrogens (primary N) is 1. The number of pyridine rings is 1. The Morgan fingerprint density at radius 1 is 1.57 bits per heavy atom. The summed E-state index contributed by atoms with van der Waals surface area (Å²) in [7, 11) is 1.88. The fourth-order valence-electron chi connectivity index (χ4n) is 1.35. The van der Waals surface area contributed by atoms with Gasteiger partial charge in [-0.3, -0.25) is 0 Å². The van der Waals surface area contributed by atoms with Crippen LogP contribution in [0.1, 0.15) is 11.7 Å². The van der Waals surface area contributed by atoms with Crippen molar-refractivity contribution in [3.8, 4) is 0 Å². The molecular weight excluding hydrogens is 180 g/mol. The molecule has 0 fully saturated rings. The van der Waals surface area contributed by atoms with Gasteiger partial charge in [-0.15, -0.1) is 0 Å². The zero-order valence-electron chi connectivity index (χ0n) is 7.88. The van der Waals surface area contributed by atoms with E-state index >= 15 is 0 Å². The first-order chi connectivity index (χ1) is 6.72. The molecule has 1 unspecified atom stereocenters. The number of nitrogens with zero attached hydrogens (tertiary/aromatic N) is 3. The van der Waals surface area contributed by atoms with Crippen LogP contribution in [0.4, 0.5) is 0 Å². The number of aryl methyl sites for hydroxylation is 1. The van der Waals surface area contributed by atoms with Gasteiger partial charge in [-0.1, -0.05) is 0 Å². The minimum Gasteiger partial charge on any atom is -0.387 e. The number of fused-ring (bicyclic) bond motifs is 1. The molecule has 1 atom stereocenters. The van der Waals surface area contributed by atoms with E-state index in [2.05, 4.69) is 9.97 Å². The van der Waals surface area contributed by atoms with Gasteiger partial charge in [0.2, 0.25) is 0 Å². The average molecular weight is 192 g/mol. The number of hydrogen-bond donors (Lipinski definition) is 2. The molecule has 5 nitrogen and oxygen atoms in total. The normalized spacial score (nSPS) is 13.4. The van der Waals surface area contributed by atoms with Gasteiger partial charge in [0.1, 0.15) is 5.52 Å². The van der Waals surface area contributed by atoms with Crippen LogP contribution in [0.5, 0.6) is 0 Å². The molecule has 0 bridgehead atoms. The molecule has 0 aliphatic heterocycles. The molecule has 2 aromatic heterocycles. The maximum absolute atomic E-state index is 9.50. The van der Waals surface area contributed by atoms with Crippen molar-refractivity contribution in [2.24, 2.45) is 12.8 Å². The highest BCUT2D eigenvalue weighted by Gasteiger charge is 2.08. The van der Waals surface area contributed by atoms with Crippen molar-refractivity contribution in [3.05, 3.63) is 24.2 Å². The number of aliphatic hydroxyl groups is 1. The molecule has 2 aromatic rings. The second-order valence-corrected chi connectivity index (χ2v) is 3.22. The highest BCUT2D eigenvalue weighted by molar-refractivity contribution is 5.71. The largest absolute Gasteiger partial charge is 0.387 e. The van der Waals surface area contributed by atoms with Gasteiger partial charge in [-0.2, -0.15) is 0 Å². The maximum atomic E-state index is 9.50. The number of aliphatic hydroxyl groups excluding tert-OH is 1. The van der Waals surface area contributed by atoms with Crippen LogP contribution in [-0.2, 0) is 7.05 Å². The van der Waals surface area contributed by atoms with Crippen molar-refractivity contribution in [2.45, 2.75) is 6.10 Å². The first-order valence-corrected chi connectivity index (χ1v) is 4.37. The van der Waals surface area contributed by atoms with E-state index in [1.807, 2.05) is 11.6 Å². The molecule has 0 spiro atoms. The Bertz CT molecular complexity index is 451. The summed E-state index contributed by atoms with van der Waals surface area (Å²) in [6, 6.07) is 1.81. The fourth-order valence-corrected chi connectivity index (χ4v) is 1.35. The van der Waals surface area contributed by atoms with Crippen LogP contribution in [-0.4, -0.2) is 26.2 Å². The van der Waals surface area contributed by atoms with Crippen LogP contribution < -0.4 is 5.73 Å². The smallest absolute Gasteiger partial charge is 0.159 e. The number of rotatable bonds is 2. The summed E-state index contributed by atoms with van der Waals surface area (Å²) in [4.78, 5) is 8.34. The van der Waals surface area contributed by atoms with Gasteiger partial charge in [0.25, 0.3) is 0 Å². The molecule has 2 heterocycles. The van der Waals surface area contributed by atoms with E-state index in [0.29, 0.717) is 5.56 Å². The second kappa shape index (κ2) is 3.36. The van der Waals surface area contributed by atoms with Crippen LogP contribution in [0.2, 0.25) is 0 Å². The third-order valence-electron chi connectivity index (χ3n) is 2.18. The summed E-state index contributed by atoms with van der Waals surface area (Å²) < 4.78 is 1.83. The zero-order valence-corrected chi connectivity index (χ0v) is 7.88. The maximum Gasteiger partial charge on any atom is 0.159 e. The van der Waals surface area contributed by atoms with Crippen molar-refractivity contribution in [1.29, 1.82) is 0 Å². The van der Waals surface area contributed by atoms with E-state index in [-0.39, 0.29) is 6.54 Å². The van der Waals surface area contributed by atoms with Gasteiger partial charge in [0.05, 0.1) is 12.4 Å². The molecule has 0 saturated carbocycles. The first kappa shape index (κ1) is 9.11. The van der Waals surface area contributed by atoms with E-state index in [0.717, 1.165) is 11.2 Å². The Kier molecular flexibility index (Phi) is 2.18. The van der Waals surface area contributed by atoms with E-state index < -0.39 is 6.10 Å². The lowest BCUT2D eigenvalue weighted by molar-refractivity contribution is 0.186. The van der Waals surface area contributed by atoms with Crippen molar-refractivity contribution < 1.29 is 5.11 Å². The van der Waals surface area contributed by atoms with Crippen LogP contribution in [0.3, 0.4) is 0 Å². The Labute approximate surface area is 81.2 Å². The Morgan fingerprint density at radius 2 is 2.36 bits per heavy atom. The van der Waals surface area contributed by atoms with E-state index in [4.69, 9.17) is 5.73 Å². The molecule has 0 amide bonds. The molecule has 0 saturated heterocycles. The van der Waals surface area contributed by atoms with E-state index in [1.54, 1.807) is 18.6 Å². The monoisotopic (exact) mass is 192 g/mol. The Hall–Kier alpha value is -1.46. The average Bonchev–Trinajstić information content (AvgIpc) is 2.59. The fraction of sp³-hybridized carbons (Fsp3) is 0.333. The van der Waals surface area contributed by atoms with Gasteiger partial charge >= 0.3 is 0 Å². The highest BCUT2D eigenvalue weighted by atomic mass is 16.3. The molecule has 0 radical (unpaired) electrons. The number of aromatic nitrogens is 3. The van der Waals surface area contributed by atoms with Crippen LogP contribution >= 0.6 is 0 Å². The summed E-state index contributed by atoms with van der Waals surface area (Å²) >= 11 is 0. The van der Waals surface area contributed by atoms with Gasteiger partial charge in [-0.05, 0) is 6.07 Å². The van der Waals surface area contributed by atoms with Crippen molar-refractivity contribution in [2.75, 3.05) is 6.54 Å². The van der Waals surface area contributed by atoms with Gasteiger partial charge in [0.15, 0.2) is 5.65 Å². The predicted octanol–water partition coefficient (Wildman–Crippen LogP) is -0.0396. The second-order valence-electron chi connectivity index (χ2n) is 3.22. The van der Waals surface area contributed by atoms with Gasteiger partial charge in [-0.25, -0.2) is 9.97 Å². The van der Waals surface area contributed by atoms with Gasteiger partial charge < -0.3 is 15.4 Å². The minimum atomic E-state index is -0.658. The van der Waals surface area contributed by atoms with Crippen molar-refractivity contribution in [1.82, 2.24) is 14.5 Å². The Balaban J connectivity index is 2.52.